The quantitative estimate of drug-likeness (QED) is 0.316. The van der Waals surface area contributed by atoms with Gasteiger partial charge in [-0.05, 0) is 18.2 Å². The number of carbonyl (C=O) groups is 1. The van der Waals surface area contributed by atoms with Gasteiger partial charge in [0.1, 0.15) is 10.7 Å². The molecule has 0 unspecified atom stereocenters. The number of carbonyl (C=O) groups excluding carboxylic acids is 1. The largest absolute Gasteiger partial charge is 0.710 e. The molecule has 0 spiro atoms. The summed E-state index contributed by atoms with van der Waals surface area (Å²) in [5.74, 6) is -2.36. The highest BCUT2D eigenvalue weighted by Crippen LogP contribution is 2.25. The van der Waals surface area contributed by atoms with Crippen molar-refractivity contribution < 1.29 is 23.6 Å². The van der Waals surface area contributed by atoms with Crippen molar-refractivity contribution in [3.63, 3.8) is 0 Å². The first kappa shape index (κ1) is 17.0. The van der Waals surface area contributed by atoms with Gasteiger partial charge in [-0.15, -0.1) is 4.73 Å². The van der Waals surface area contributed by atoms with Gasteiger partial charge >= 0.3 is 22.4 Å². The van der Waals surface area contributed by atoms with E-state index < -0.39 is 28.2 Å². The summed E-state index contributed by atoms with van der Waals surface area (Å²) in [6.07, 6.45) is 0. The van der Waals surface area contributed by atoms with Gasteiger partial charge in [-0.1, -0.05) is 11.3 Å². The van der Waals surface area contributed by atoms with Crippen molar-refractivity contribution in [2.24, 2.45) is 0 Å². The predicted molar refractivity (Wildman–Crippen MR) is 85.5 cm³/mol. The highest BCUT2D eigenvalue weighted by molar-refractivity contribution is 7.17. The number of rotatable bonds is 3. The summed E-state index contributed by atoms with van der Waals surface area (Å²) in [6.45, 7) is 0. The first-order valence-electron chi connectivity index (χ1n) is 6.77. The van der Waals surface area contributed by atoms with E-state index in [2.05, 4.69) is 5.32 Å². The molecular formula is C14H6FN5O5S. The van der Waals surface area contributed by atoms with Crippen LogP contribution in [-0.4, -0.2) is 10.8 Å². The lowest BCUT2D eigenvalue weighted by Crippen LogP contribution is -2.44. The molecular weight excluding hydrogens is 369 g/mol. The molecule has 0 aliphatic rings. The zero-order valence-corrected chi connectivity index (χ0v) is 13.3. The lowest BCUT2D eigenvalue weighted by atomic mass is 10.2. The number of hydrogen-bond donors (Lipinski definition) is 1. The van der Waals surface area contributed by atoms with Crippen molar-refractivity contribution in [2.45, 2.75) is 0 Å². The van der Waals surface area contributed by atoms with Crippen molar-refractivity contribution in [3.05, 3.63) is 67.2 Å². The number of thiophene rings is 1. The van der Waals surface area contributed by atoms with E-state index in [0.717, 1.165) is 24.3 Å². The third-order valence-electron chi connectivity index (χ3n) is 3.34. The zero-order chi connectivity index (χ0) is 19.0. The molecule has 10 nitrogen and oxygen atoms in total. The zero-order valence-electron chi connectivity index (χ0n) is 12.5. The number of nitriles is 1. The molecule has 0 aliphatic heterocycles. The Balaban J connectivity index is 2.11. The third kappa shape index (κ3) is 2.72. The summed E-state index contributed by atoms with van der Waals surface area (Å²) in [5, 5.41) is 46.3. The maximum atomic E-state index is 13.3. The number of fused-ring (bicyclic) bond motifs is 1. The van der Waals surface area contributed by atoms with Crippen molar-refractivity contribution in [3.8, 4) is 6.07 Å². The first-order valence-corrected chi connectivity index (χ1v) is 7.59. The van der Waals surface area contributed by atoms with Crippen molar-refractivity contribution in [1.29, 1.82) is 5.26 Å². The number of nitro groups is 1. The van der Waals surface area contributed by atoms with Gasteiger partial charge < -0.3 is 10.4 Å². The fourth-order valence-corrected chi connectivity index (χ4v) is 2.91. The Labute approximate surface area is 147 Å². The predicted octanol–water partition coefficient (Wildman–Crippen LogP) is 1.34. The van der Waals surface area contributed by atoms with Crippen molar-refractivity contribution in [1.82, 2.24) is 0 Å². The second-order valence-corrected chi connectivity index (χ2v) is 5.94. The highest BCUT2D eigenvalue weighted by Gasteiger charge is 2.30. The Kier molecular flexibility index (Phi) is 4.07. The van der Waals surface area contributed by atoms with Crippen molar-refractivity contribution >= 4 is 39.1 Å². The summed E-state index contributed by atoms with van der Waals surface area (Å²) in [5.41, 5.74) is -1.41. The standard InChI is InChI=1S/C14H6FN5O5S/c15-7-1-2-8-9(5-7)18(22)10(6-16)13(19(8)23)17-14(21)11-3-4-12(26-11)20(24)25/h1-5H,(H,17,21). The minimum atomic E-state index is -0.911. The molecule has 0 bridgehead atoms. The van der Waals surface area contributed by atoms with E-state index in [4.69, 9.17) is 5.26 Å². The summed E-state index contributed by atoms with van der Waals surface area (Å²) in [6, 6.07) is 6.51. The number of aromatic nitrogens is 2. The van der Waals surface area contributed by atoms with E-state index in [9.17, 15) is 29.7 Å². The van der Waals surface area contributed by atoms with Crippen LogP contribution in [0.3, 0.4) is 0 Å². The molecule has 1 N–H and O–H groups in total. The summed E-state index contributed by atoms with van der Waals surface area (Å²) in [7, 11) is 0. The lowest BCUT2D eigenvalue weighted by molar-refractivity contribution is -0.620. The molecule has 0 atom stereocenters. The molecule has 1 aromatic carbocycles. The molecule has 2 heterocycles. The molecule has 26 heavy (non-hydrogen) atoms. The molecule has 12 heteroatoms. The maximum Gasteiger partial charge on any atom is 0.386 e. The molecule has 0 saturated carbocycles. The van der Waals surface area contributed by atoms with Crippen LogP contribution in [0.2, 0.25) is 0 Å². The molecule has 0 radical (unpaired) electrons. The van der Waals surface area contributed by atoms with Gasteiger partial charge in [0.15, 0.2) is 6.07 Å². The Morgan fingerprint density at radius 2 is 1.96 bits per heavy atom. The van der Waals surface area contributed by atoms with Crippen LogP contribution in [0.4, 0.5) is 15.2 Å². The molecule has 3 aromatic rings. The second kappa shape index (κ2) is 6.22. The average molecular weight is 375 g/mol. The van der Waals surface area contributed by atoms with Crippen LogP contribution in [0, 0.1) is 37.7 Å². The van der Waals surface area contributed by atoms with Gasteiger partial charge in [0.25, 0.3) is 5.52 Å². The number of halogens is 1. The number of nitrogens with one attached hydrogen (secondary N) is 1. The minimum Gasteiger partial charge on any atom is -0.710 e. The van der Waals surface area contributed by atoms with Gasteiger partial charge in [0.05, 0.1) is 11.0 Å². The van der Waals surface area contributed by atoms with Crippen LogP contribution in [0.25, 0.3) is 11.0 Å². The molecule has 1 amide bonds. The topological polar surface area (TPSA) is 150 Å². The normalized spacial score (nSPS) is 10.5. The summed E-state index contributed by atoms with van der Waals surface area (Å²) >= 11 is 0.558. The van der Waals surface area contributed by atoms with E-state index in [1.807, 2.05) is 0 Å². The van der Waals surface area contributed by atoms with Gasteiger partial charge in [-0.3, -0.25) is 10.1 Å². The lowest BCUT2D eigenvalue weighted by Gasteiger charge is -2.12. The number of benzene rings is 1. The Hall–Kier alpha value is -3.85. The first-order chi connectivity index (χ1) is 12.3. The number of anilines is 1. The van der Waals surface area contributed by atoms with Crippen molar-refractivity contribution in [2.75, 3.05) is 5.32 Å². The fraction of sp³-hybridized carbons (Fsp3) is 0. The van der Waals surface area contributed by atoms with Crippen LogP contribution in [-0.2, 0) is 0 Å². The Bertz CT molecular complexity index is 1120. The maximum absolute atomic E-state index is 13.3. The monoisotopic (exact) mass is 375 g/mol. The second-order valence-electron chi connectivity index (χ2n) is 4.88. The van der Waals surface area contributed by atoms with Gasteiger partial charge in [0.2, 0.25) is 5.52 Å². The smallest absolute Gasteiger partial charge is 0.386 e. The van der Waals surface area contributed by atoms with E-state index >= 15 is 0 Å². The summed E-state index contributed by atoms with van der Waals surface area (Å²) in [4.78, 5) is 22.1. The molecule has 2 aromatic heterocycles. The van der Waals surface area contributed by atoms with Gasteiger partial charge in [0, 0.05) is 6.07 Å². The van der Waals surface area contributed by atoms with Crippen LogP contribution >= 0.6 is 11.3 Å². The average Bonchev–Trinajstić information content (AvgIpc) is 3.10. The SMILES string of the molecule is N#Cc1c(NC(=O)c2ccc([N+](=O)[O-])s2)[n+]([O-])c2ccc(F)cc2[n+]1[O-]. The molecule has 0 aliphatic carbocycles. The molecule has 0 fully saturated rings. The molecule has 0 saturated heterocycles. The fourth-order valence-electron chi connectivity index (χ4n) is 2.19. The number of hydrogen-bond acceptors (Lipinski definition) is 7. The van der Waals surface area contributed by atoms with Crippen LogP contribution < -0.4 is 14.8 Å². The van der Waals surface area contributed by atoms with Crippen LogP contribution in [0.5, 0.6) is 0 Å². The van der Waals surface area contributed by atoms with Gasteiger partial charge in [-0.2, -0.15) is 10.6 Å². The van der Waals surface area contributed by atoms with E-state index in [0.29, 0.717) is 11.3 Å². The van der Waals surface area contributed by atoms with Crippen LogP contribution in [0.15, 0.2) is 30.3 Å². The Morgan fingerprint density at radius 1 is 1.23 bits per heavy atom. The third-order valence-corrected chi connectivity index (χ3v) is 4.37. The number of nitrogens with zero attached hydrogens (tertiary/aromatic N) is 4. The number of amides is 1. The van der Waals surface area contributed by atoms with E-state index in [1.165, 1.54) is 12.1 Å². The Morgan fingerprint density at radius 3 is 2.58 bits per heavy atom. The van der Waals surface area contributed by atoms with Gasteiger partial charge in [-0.25, -0.2) is 13.9 Å². The molecule has 130 valence electrons. The van der Waals surface area contributed by atoms with E-state index in [1.54, 1.807) is 0 Å². The molecule has 3 rings (SSSR count). The highest BCUT2D eigenvalue weighted by atomic mass is 32.1. The minimum absolute atomic E-state index is 0.0271. The van der Waals surface area contributed by atoms with E-state index in [-0.39, 0.29) is 30.4 Å². The van der Waals surface area contributed by atoms with Crippen LogP contribution in [0.1, 0.15) is 15.4 Å². The summed E-state index contributed by atoms with van der Waals surface area (Å²) < 4.78 is 13.5.